The Morgan fingerprint density at radius 3 is 2.47 bits per heavy atom. The lowest BCUT2D eigenvalue weighted by molar-refractivity contribution is -0.0545. The zero-order chi connectivity index (χ0) is 25.5. The molecule has 0 radical (unpaired) electrons. The molecule has 2 heterocycles. The Kier molecular flexibility index (Phi) is 6.42. The van der Waals surface area contributed by atoms with Gasteiger partial charge in [0.2, 0.25) is 5.95 Å². The summed E-state index contributed by atoms with van der Waals surface area (Å²) in [7, 11) is 0. The van der Waals surface area contributed by atoms with E-state index >= 15 is 0 Å². The van der Waals surface area contributed by atoms with Crippen LogP contribution in [0.3, 0.4) is 0 Å². The SMILES string of the molecule is Cc1nc(NC(C)(C)c2ccccc2)nc(NC2(O)CCC(CO)C2O)c1-c1nc2ccccc2s1. The van der Waals surface area contributed by atoms with Crippen LogP contribution < -0.4 is 10.6 Å². The van der Waals surface area contributed by atoms with Crippen molar-refractivity contribution in [3.8, 4) is 10.6 Å². The van der Waals surface area contributed by atoms with Gasteiger partial charge in [-0.05, 0) is 51.3 Å². The van der Waals surface area contributed by atoms with Crippen LogP contribution in [0, 0.1) is 12.8 Å². The smallest absolute Gasteiger partial charge is 0.225 e. The number of anilines is 2. The molecule has 1 aliphatic carbocycles. The number of rotatable bonds is 7. The van der Waals surface area contributed by atoms with E-state index in [4.69, 9.17) is 15.0 Å². The highest BCUT2D eigenvalue weighted by Crippen LogP contribution is 2.41. The second-order valence-electron chi connectivity index (χ2n) is 9.93. The summed E-state index contributed by atoms with van der Waals surface area (Å²) in [5, 5.41) is 39.0. The molecular formula is C27H31N5O3S. The van der Waals surface area contributed by atoms with Gasteiger partial charge >= 0.3 is 0 Å². The molecule has 2 aromatic carbocycles. The Balaban J connectivity index is 1.59. The molecule has 4 aromatic rings. The number of hydrogen-bond acceptors (Lipinski definition) is 9. The van der Waals surface area contributed by atoms with Crippen LogP contribution in [-0.2, 0) is 5.54 Å². The van der Waals surface area contributed by atoms with Crippen LogP contribution in [0.4, 0.5) is 11.8 Å². The van der Waals surface area contributed by atoms with Crippen molar-refractivity contribution in [3.05, 3.63) is 65.9 Å². The van der Waals surface area contributed by atoms with E-state index in [9.17, 15) is 15.3 Å². The van der Waals surface area contributed by atoms with Crippen LogP contribution >= 0.6 is 11.3 Å². The highest BCUT2D eigenvalue weighted by molar-refractivity contribution is 7.21. The van der Waals surface area contributed by atoms with Crippen molar-refractivity contribution in [1.29, 1.82) is 0 Å². The fourth-order valence-electron chi connectivity index (χ4n) is 4.79. The molecule has 3 unspecified atom stereocenters. The predicted molar refractivity (Wildman–Crippen MR) is 143 cm³/mol. The molecule has 0 aliphatic heterocycles. The minimum Gasteiger partial charge on any atom is -0.396 e. The van der Waals surface area contributed by atoms with Crippen LogP contribution in [0.25, 0.3) is 20.8 Å². The number of aliphatic hydroxyl groups excluding tert-OH is 2. The first-order chi connectivity index (χ1) is 17.2. The fraction of sp³-hybridized carbons (Fsp3) is 0.370. The normalized spacial score (nSPS) is 22.2. The molecule has 0 spiro atoms. The molecule has 36 heavy (non-hydrogen) atoms. The highest BCUT2D eigenvalue weighted by Gasteiger charge is 2.47. The van der Waals surface area contributed by atoms with Crippen LogP contribution in [-0.4, -0.2) is 48.7 Å². The van der Waals surface area contributed by atoms with Gasteiger partial charge in [-0.1, -0.05) is 42.5 Å². The lowest BCUT2D eigenvalue weighted by atomic mass is 9.94. The molecule has 0 amide bonds. The summed E-state index contributed by atoms with van der Waals surface area (Å²) in [6.45, 7) is 5.79. The third kappa shape index (κ3) is 4.55. The molecule has 9 heteroatoms. The summed E-state index contributed by atoms with van der Waals surface area (Å²) >= 11 is 1.52. The summed E-state index contributed by atoms with van der Waals surface area (Å²) in [5.74, 6) is 0.363. The Morgan fingerprint density at radius 2 is 1.78 bits per heavy atom. The van der Waals surface area contributed by atoms with E-state index in [1.54, 1.807) is 0 Å². The summed E-state index contributed by atoms with van der Waals surface area (Å²) in [6.07, 6.45) is -0.369. The zero-order valence-electron chi connectivity index (χ0n) is 20.6. The van der Waals surface area contributed by atoms with Crippen molar-refractivity contribution < 1.29 is 15.3 Å². The van der Waals surface area contributed by atoms with Gasteiger partial charge in [0.1, 0.15) is 16.9 Å². The van der Waals surface area contributed by atoms with Crippen molar-refractivity contribution in [2.24, 2.45) is 5.92 Å². The predicted octanol–water partition coefficient (Wildman–Crippen LogP) is 4.27. The van der Waals surface area contributed by atoms with Gasteiger partial charge in [0, 0.05) is 12.5 Å². The first-order valence-corrected chi connectivity index (χ1v) is 12.9. The molecule has 1 fully saturated rings. The van der Waals surface area contributed by atoms with Crippen LogP contribution in [0.15, 0.2) is 54.6 Å². The molecule has 8 nitrogen and oxygen atoms in total. The van der Waals surface area contributed by atoms with Crippen molar-refractivity contribution in [2.45, 2.75) is 51.0 Å². The number of nitrogens with one attached hydrogen (secondary N) is 2. The molecule has 5 rings (SSSR count). The van der Waals surface area contributed by atoms with Gasteiger partial charge in [-0.3, -0.25) is 0 Å². The van der Waals surface area contributed by atoms with Gasteiger partial charge in [-0.2, -0.15) is 4.98 Å². The average Bonchev–Trinajstić information content (AvgIpc) is 3.39. The molecule has 0 saturated heterocycles. The molecular weight excluding hydrogens is 474 g/mol. The number of aryl methyl sites for hydroxylation is 1. The highest BCUT2D eigenvalue weighted by atomic mass is 32.1. The van der Waals surface area contributed by atoms with Gasteiger partial charge < -0.3 is 26.0 Å². The third-order valence-corrected chi connectivity index (χ3v) is 7.97. The van der Waals surface area contributed by atoms with E-state index in [1.807, 2.05) is 61.5 Å². The number of fused-ring (bicyclic) bond motifs is 1. The number of thiazole rings is 1. The van der Waals surface area contributed by atoms with E-state index in [2.05, 4.69) is 24.5 Å². The number of hydrogen-bond donors (Lipinski definition) is 5. The summed E-state index contributed by atoms with van der Waals surface area (Å²) < 4.78 is 1.03. The van der Waals surface area contributed by atoms with Gasteiger partial charge in [-0.25, -0.2) is 9.97 Å². The largest absolute Gasteiger partial charge is 0.396 e. The maximum Gasteiger partial charge on any atom is 0.225 e. The average molecular weight is 506 g/mol. The summed E-state index contributed by atoms with van der Waals surface area (Å²) in [6, 6.07) is 17.9. The monoisotopic (exact) mass is 505 g/mol. The first-order valence-electron chi connectivity index (χ1n) is 12.1. The molecule has 2 aromatic heterocycles. The lowest BCUT2D eigenvalue weighted by Gasteiger charge is -2.32. The van der Waals surface area contributed by atoms with Gasteiger partial charge in [0.15, 0.2) is 5.72 Å². The minimum absolute atomic E-state index is 0.198. The number of aliphatic hydroxyl groups is 3. The number of benzene rings is 2. The molecule has 0 bridgehead atoms. The van der Waals surface area contributed by atoms with Gasteiger partial charge in [-0.15, -0.1) is 11.3 Å². The Bertz CT molecular complexity index is 1340. The van der Waals surface area contributed by atoms with Gasteiger partial charge in [0.05, 0.1) is 27.0 Å². The molecule has 1 saturated carbocycles. The van der Waals surface area contributed by atoms with E-state index in [0.29, 0.717) is 29.4 Å². The van der Waals surface area contributed by atoms with Crippen LogP contribution in [0.5, 0.6) is 0 Å². The fourth-order valence-corrected chi connectivity index (χ4v) is 5.86. The molecule has 5 N–H and O–H groups in total. The molecule has 3 atom stereocenters. The number of para-hydroxylation sites is 1. The van der Waals surface area contributed by atoms with Crippen molar-refractivity contribution in [2.75, 3.05) is 17.2 Å². The van der Waals surface area contributed by atoms with Crippen molar-refractivity contribution in [1.82, 2.24) is 15.0 Å². The van der Waals surface area contributed by atoms with Crippen LogP contribution in [0.2, 0.25) is 0 Å². The Morgan fingerprint density at radius 1 is 1.06 bits per heavy atom. The topological polar surface area (TPSA) is 123 Å². The number of aromatic nitrogens is 3. The minimum atomic E-state index is -1.63. The summed E-state index contributed by atoms with van der Waals surface area (Å²) in [5.41, 5.74) is 1.21. The van der Waals surface area contributed by atoms with Crippen LogP contribution in [0.1, 0.15) is 37.9 Å². The van der Waals surface area contributed by atoms with E-state index < -0.39 is 23.3 Å². The number of nitrogens with zero attached hydrogens (tertiary/aromatic N) is 3. The quantitative estimate of drug-likeness (QED) is 0.236. The molecule has 188 valence electrons. The second kappa shape index (κ2) is 9.40. The third-order valence-electron chi connectivity index (χ3n) is 6.92. The standard InChI is InChI=1S/C27H31N5O3S/c1-16-21(24-29-19-11-7-8-12-20(19)36-24)23(31-27(35)14-13-17(15-33)22(27)34)30-25(28-16)32-26(2,3)18-9-5-4-6-10-18/h4-12,17,22,33-35H,13-15H2,1-3H3,(H2,28,30,31,32). The zero-order valence-corrected chi connectivity index (χ0v) is 21.4. The van der Waals surface area contributed by atoms with Crippen molar-refractivity contribution in [3.63, 3.8) is 0 Å². The van der Waals surface area contributed by atoms with Crippen molar-refractivity contribution >= 4 is 33.3 Å². The lowest BCUT2D eigenvalue weighted by Crippen LogP contribution is -2.48. The first kappa shape index (κ1) is 24.6. The molecule has 1 aliphatic rings. The maximum atomic E-state index is 11.3. The van der Waals surface area contributed by atoms with E-state index in [0.717, 1.165) is 20.8 Å². The van der Waals surface area contributed by atoms with E-state index in [1.165, 1.54) is 11.3 Å². The maximum absolute atomic E-state index is 11.3. The van der Waals surface area contributed by atoms with Gasteiger partial charge in [0.25, 0.3) is 0 Å². The van der Waals surface area contributed by atoms with E-state index in [-0.39, 0.29) is 13.0 Å². The Hall–Kier alpha value is -3.11. The second-order valence-corrected chi connectivity index (χ2v) is 11.0. The Labute approximate surface area is 214 Å². The summed E-state index contributed by atoms with van der Waals surface area (Å²) in [4.78, 5) is 14.3.